The standard InChI is InChI=1S/C15H17BrN2/c1-15(11-17,10-12-6-8-18-9-7-12)13-2-4-14(16)5-3-13/h2-9H,10-11,17H2,1H3. The zero-order valence-electron chi connectivity index (χ0n) is 10.4. The molecule has 0 radical (unpaired) electrons. The Morgan fingerprint density at radius 3 is 2.28 bits per heavy atom. The number of hydrogen-bond acceptors (Lipinski definition) is 2. The van der Waals surface area contributed by atoms with Crippen LogP contribution < -0.4 is 5.73 Å². The molecule has 1 heterocycles. The summed E-state index contributed by atoms with van der Waals surface area (Å²) in [7, 11) is 0. The quantitative estimate of drug-likeness (QED) is 0.941. The summed E-state index contributed by atoms with van der Waals surface area (Å²) in [6.45, 7) is 2.83. The first kappa shape index (κ1) is 13.2. The van der Waals surface area contributed by atoms with Crippen molar-refractivity contribution < 1.29 is 0 Å². The van der Waals surface area contributed by atoms with Crippen LogP contribution in [-0.4, -0.2) is 11.5 Å². The molecule has 0 bridgehead atoms. The van der Waals surface area contributed by atoms with Crippen molar-refractivity contribution in [2.75, 3.05) is 6.54 Å². The number of nitrogens with two attached hydrogens (primary N) is 1. The molecule has 0 aliphatic carbocycles. The van der Waals surface area contributed by atoms with Crippen molar-refractivity contribution in [1.82, 2.24) is 4.98 Å². The van der Waals surface area contributed by atoms with E-state index < -0.39 is 0 Å². The predicted molar refractivity (Wildman–Crippen MR) is 78.5 cm³/mol. The van der Waals surface area contributed by atoms with Gasteiger partial charge in [0.1, 0.15) is 0 Å². The van der Waals surface area contributed by atoms with Crippen molar-refractivity contribution in [3.05, 3.63) is 64.4 Å². The molecule has 0 aliphatic rings. The van der Waals surface area contributed by atoms with Gasteiger partial charge in [-0.3, -0.25) is 4.98 Å². The van der Waals surface area contributed by atoms with E-state index in [0.29, 0.717) is 6.54 Å². The third kappa shape index (κ3) is 2.98. The Bertz CT molecular complexity index is 496. The molecular formula is C15H17BrN2. The van der Waals surface area contributed by atoms with Gasteiger partial charge in [-0.05, 0) is 41.8 Å². The zero-order chi connectivity index (χ0) is 13.0. The summed E-state index contributed by atoms with van der Waals surface area (Å²) in [5.74, 6) is 0. The Morgan fingerprint density at radius 1 is 1.11 bits per heavy atom. The summed E-state index contributed by atoms with van der Waals surface area (Å²) >= 11 is 3.46. The molecular weight excluding hydrogens is 288 g/mol. The number of benzene rings is 1. The third-order valence-electron chi connectivity index (χ3n) is 3.34. The van der Waals surface area contributed by atoms with Gasteiger partial charge in [-0.1, -0.05) is 35.0 Å². The number of rotatable bonds is 4. The minimum absolute atomic E-state index is 0.0396. The van der Waals surface area contributed by atoms with Gasteiger partial charge in [-0.25, -0.2) is 0 Å². The Hall–Kier alpha value is -1.19. The average Bonchev–Trinajstić information content (AvgIpc) is 2.40. The van der Waals surface area contributed by atoms with E-state index in [1.54, 1.807) is 0 Å². The third-order valence-corrected chi connectivity index (χ3v) is 3.86. The van der Waals surface area contributed by atoms with E-state index in [-0.39, 0.29) is 5.41 Å². The summed E-state index contributed by atoms with van der Waals surface area (Å²) < 4.78 is 1.09. The summed E-state index contributed by atoms with van der Waals surface area (Å²) in [4.78, 5) is 4.05. The average molecular weight is 305 g/mol. The number of aromatic nitrogens is 1. The van der Waals surface area contributed by atoms with Crippen LogP contribution in [0.3, 0.4) is 0 Å². The molecule has 1 aromatic heterocycles. The molecule has 94 valence electrons. The second-order valence-electron chi connectivity index (χ2n) is 4.80. The minimum atomic E-state index is -0.0396. The molecule has 0 aliphatic heterocycles. The molecule has 18 heavy (non-hydrogen) atoms. The first-order valence-corrected chi connectivity index (χ1v) is 6.78. The predicted octanol–water partition coefficient (Wildman–Crippen LogP) is 3.30. The van der Waals surface area contributed by atoms with Gasteiger partial charge in [0.2, 0.25) is 0 Å². The molecule has 1 atom stereocenters. The Labute approximate surface area is 116 Å². The topological polar surface area (TPSA) is 38.9 Å². The summed E-state index contributed by atoms with van der Waals surface area (Å²) in [5.41, 5.74) is 8.49. The second kappa shape index (κ2) is 5.63. The highest BCUT2D eigenvalue weighted by Crippen LogP contribution is 2.28. The van der Waals surface area contributed by atoms with Crippen LogP contribution in [0, 0.1) is 0 Å². The molecule has 0 amide bonds. The fourth-order valence-electron chi connectivity index (χ4n) is 2.10. The van der Waals surface area contributed by atoms with Crippen LogP contribution in [0.5, 0.6) is 0 Å². The molecule has 1 unspecified atom stereocenters. The largest absolute Gasteiger partial charge is 0.330 e. The van der Waals surface area contributed by atoms with Crippen LogP contribution >= 0.6 is 15.9 Å². The van der Waals surface area contributed by atoms with E-state index in [9.17, 15) is 0 Å². The number of halogens is 1. The van der Waals surface area contributed by atoms with Gasteiger partial charge in [0.15, 0.2) is 0 Å². The highest BCUT2D eigenvalue weighted by molar-refractivity contribution is 9.10. The maximum atomic E-state index is 6.00. The molecule has 0 saturated heterocycles. The van der Waals surface area contributed by atoms with Crippen LogP contribution in [0.2, 0.25) is 0 Å². The van der Waals surface area contributed by atoms with Gasteiger partial charge in [0, 0.05) is 28.8 Å². The van der Waals surface area contributed by atoms with Crippen molar-refractivity contribution in [2.24, 2.45) is 5.73 Å². The van der Waals surface area contributed by atoms with Gasteiger partial charge in [-0.2, -0.15) is 0 Å². The van der Waals surface area contributed by atoms with Gasteiger partial charge >= 0.3 is 0 Å². The molecule has 1 aromatic carbocycles. The zero-order valence-corrected chi connectivity index (χ0v) is 12.0. The lowest BCUT2D eigenvalue weighted by Crippen LogP contribution is -2.34. The van der Waals surface area contributed by atoms with Gasteiger partial charge in [0.25, 0.3) is 0 Å². The fraction of sp³-hybridized carbons (Fsp3) is 0.267. The minimum Gasteiger partial charge on any atom is -0.330 e. The smallest absolute Gasteiger partial charge is 0.0270 e. The number of hydrogen-bond donors (Lipinski definition) is 1. The van der Waals surface area contributed by atoms with E-state index in [0.717, 1.165) is 10.9 Å². The monoisotopic (exact) mass is 304 g/mol. The second-order valence-corrected chi connectivity index (χ2v) is 5.72. The van der Waals surface area contributed by atoms with Crippen molar-refractivity contribution in [3.8, 4) is 0 Å². The van der Waals surface area contributed by atoms with E-state index >= 15 is 0 Å². The first-order valence-electron chi connectivity index (χ1n) is 5.99. The Morgan fingerprint density at radius 2 is 1.72 bits per heavy atom. The molecule has 0 saturated carbocycles. The lowest BCUT2D eigenvalue weighted by atomic mass is 9.77. The molecule has 0 spiro atoms. The van der Waals surface area contributed by atoms with E-state index in [1.807, 2.05) is 24.5 Å². The SMILES string of the molecule is CC(CN)(Cc1ccncc1)c1ccc(Br)cc1. The summed E-state index contributed by atoms with van der Waals surface area (Å²) in [6, 6.07) is 12.5. The van der Waals surface area contributed by atoms with Crippen LogP contribution in [0.25, 0.3) is 0 Å². The van der Waals surface area contributed by atoms with Gasteiger partial charge < -0.3 is 5.73 Å². The maximum absolute atomic E-state index is 6.00. The molecule has 2 rings (SSSR count). The van der Waals surface area contributed by atoms with E-state index in [4.69, 9.17) is 5.73 Å². The van der Waals surface area contributed by atoms with E-state index in [2.05, 4.69) is 52.1 Å². The fourth-order valence-corrected chi connectivity index (χ4v) is 2.36. The molecule has 2 aromatic rings. The van der Waals surface area contributed by atoms with Gasteiger partial charge in [0.05, 0.1) is 0 Å². The number of nitrogens with zero attached hydrogens (tertiary/aromatic N) is 1. The van der Waals surface area contributed by atoms with Crippen LogP contribution in [-0.2, 0) is 11.8 Å². The van der Waals surface area contributed by atoms with Gasteiger partial charge in [-0.15, -0.1) is 0 Å². The highest BCUT2D eigenvalue weighted by atomic mass is 79.9. The number of pyridine rings is 1. The normalized spacial score (nSPS) is 14.2. The Kier molecular flexibility index (Phi) is 4.15. The van der Waals surface area contributed by atoms with Crippen LogP contribution in [0.15, 0.2) is 53.3 Å². The summed E-state index contributed by atoms with van der Waals surface area (Å²) in [6.07, 6.45) is 4.58. The molecule has 2 N–H and O–H groups in total. The van der Waals surface area contributed by atoms with Crippen LogP contribution in [0.1, 0.15) is 18.1 Å². The van der Waals surface area contributed by atoms with Crippen molar-refractivity contribution in [2.45, 2.75) is 18.8 Å². The lowest BCUT2D eigenvalue weighted by Gasteiger charge is -2.29. The Balaban J connectivity index is 2.28. The van der Waals surface area contributed by atoms with Crippen molar-refractivity contribution in [3.63, 3.8) is 0 Å². The molecule has 2 nitrogen and oxygen atoms in total. The first-order chi connectivity index (χ1) is 8.64. The molecule has 3 heteroatoms. The highest BCUT2D eigenvalue weighted by Gasteiger charge is 2.25. The maximum Gasteiger partial charge on any atom is 0.0270 e. The lowest BCUT2D eigenvalue weighted by molar-refractivity contribution is 0.481. The van der Waals surface area contributed by atoms with Crippen molar-refractivity contribution in [1.29, 1.82) is 0 Å². The van der Waals surface area contributed by atoms with E-state index in [1.165, 1.54) is 11.1 Å². The summed E-state index contributed by atoms with van der Waals surface area (Å²) in [5, 5.41) is 0. The van der Waals surface area contributed by atoms with Crippen LogP contribution in [0.4, 0.5) is 0 Å². The van der Waals surface area contributed by atoms with Crippen molar-refractivity contribution >= 4 is 15.9 Å². The molecule has 0 fully saturated rings.